The summed E-state index contributed by atoms with van der Waals surface area (Å²) in [4.78, 5) is 11.0. The number of nitrogens with zero attached hydrogens (tertiary/aromatic N) is 1. The third kappa shape index (κ3) is 1.54. The molecule has 0 aliphatic heterocycles. The van der Waals surface area contributed by atoms with Crippen LogP contribution in [-0.2, 0) is 7.05 Å². The third-order valence-electron chi connectivity index (χ3n) is 1.39. The molecule has 0 N–H and O–H groups in total. The van der Waals surface area contributed by atoms with Gasteiger partial charge >= 0.3 is 0 Å². The highest BCUT2D eigenvalue weighted by Gasteiger charge is 2.00. The number of methoxy groups -OCH3 is 1. The van der Waals surface area contributed by atoms with E-state index in [1.165, 1.54) is 17.7 Å². The summed E-state index contributed by atoms with van der Waals surface area (Å²) in [5, 5.41) is 0.393. The minimum absolute atomic E-state index is 0.172. The summed E-state index contributed by atoms with van der Waals surface area (Å²) in [7, 11) is 3.11. The van der Waals surface area contributed by atoms with Gasteiger partial charge in [0.2, 0.25) is 0 Å². The van der Waals surface area contributed by atoms with Crippen LogP contribution in [0.5, 0.6) is 5.88 Å². The summed E-state index contributed by atoms with van der Waals surface area (Å²) in [6.45, 7) is 0. The Kier molecular flexibility index (Phi) is 2.19. The van der Waals surface area contributed by atoms with Gasteiger partial charge in [-0.3, -0.25) is 9.36 Å². The Labute approximate surface area is 69.2 Å². The lowest BCUT2D eigenvalue weighted by molar-refractivity contribution is 0.376. The van der Waals surface area contributed by atoms with Gasteiger partial charge in [0.25, 0.3) is 5.56 Å². The second kappa shape index (κ2) is 2.96. The predicted octanol–water partition coefficient (Wildman–Crippen LogP) is 1.05. The quantitative estimate of drug-likeness (QED) is 0.636. The Balaban J connectivity index is 3.36. The minimum Gasteiger partial charge on any atom is -0.482 e. The van der Waals surface area contributed by atoms with Crippen LogP contribution in [0.4, 0.5) is 0 Å². The maximum Gasteiger partial charge on any atom is 0.254 e. The van der Waals surface area contributed by atoms with Gasteiger partial charge in [0, 0.05) is 19.2 Å². The fraction of sp³-hybridized carbons (Fsp3) is 0.286. The van der Waals surface area contributed by atoms with Gasteiger partial charge in [-0.15, -0.1) is 0 Å². The summed E-state index contributed by atoms with van der Waals surface area (Å²) in [5.74, 6) is 0.461. The van der Waals surface area contributed by atoms with Crippen molar-refractivity contribution in [1.82, 2.24) is 4.57 Å². The van der Waals surface area contributed by atoms with Gasteiger partial charge in [-0.05, 0) is 0 Å². The smallest absolute Gasteiger partial charge is 0.254 e. The zero-order valence-electron chi connectivity index (χ0n) is 6.30. The van der Waals surface area contributed by atoms with Crippen LogP contribution < -0.4 is 10.3 Å². The van der Waals surface area contributed by atoms with E-state index in [0.29, 0.717) is 10.9 Å². The fourth-order valence-electron chi connectivity index (χ4n) is 0.776. The molecule has 1 heterocycles. The molecule has 0 aliphatic carbocycles. The Morgan fingerprint density at radius 1 is 1.55 bits per heavy atom. The van der Waals surface area contributed by atoms with Gasteiger partial charge in [0.1, 0.15) is 0 Å². The molecule has 0 saturated carbocycles. The first-order chi connectivity index (χ1) is 5.15. The lowest BCUT2D eigenvalue weighted by Gasteiger charge is -2.05. The largest absolute Gasteiger partial charge is 0.482 e. The standard InChI is InChI=1S/C7H8ClNO2/c1-9-6(10)3-5(8)4-7(9)11-2/h3-4H,1-2H3. The maximum atomic E-state index is 11.0. The van der Waals surface area contributed by atoms with Gasteiger partial charge in [-0.25, -0.2) is 0 Å². The van der Waals surface area contributed by atoms with Crippen molar-refractivity contribution >= 4 is 11.6 Å². The topological polar surface area (TPSA) is 31.2 Å². The number of ether oxygens (including phenoxy) is 1. The second-order valence-electron chi connectivity index (χ2n) is 2.11. The first kappa shape index (κ1) is 8.14. The number of pyridine rings is 1. The highest BCUT2D eigenvalue weighted by molar-refractivity contribution is 6.30. The van der Waals surface area contributed by atoms with Gasteiger partial charge in [0.15, 0.2) is 5.88 Å². The van der Waals surface area contributed by atoms with Crippen molar-refractivity contribution in [1.29, 1.82) is 0 Å². The van der Waals surface area contributed by atoms with Crippen molar-refractivity contribution in [2.24, 2.45) is 7.05 Å². The van der Waals surface area contributed by atoms with Crippen LogP contribution >= 0.6 is 11.6 Å². The second-order valence-corrected chi connectivity index (χ2v) is 2.55. The maximum absolute atomic E-state index is 11.0. The molecule has 1 aromatic rings. The van der Waals surface area contributed by atoms with Crippen LogP contribution in [0.25, 0.3) is 0 Å². The molecule has 60 valence electrons. The Morgan fingerprint density at radius 2 is 2.18 bits per heavy atom. The summed E-state index contributed by atoms with van der Waals surface area (Å²) in [5.41, 5.74) is -0.172. The monoisotopic (exact) mass is 173 g/mol. The summed E-state index contributed by atoms with van der Waals surface area (Å²) in [6.07, 6.45) is 0. The molecule has 0 amide bonds. The van der Waals surface area contributed by atoms with Crippen LogP contribution in [0.1, 0.15) is 0 Å². The van der Waals surface area contributed by atoms with Crippen molar-refractivity contribution in [2.45, 2.75) is 0 Å². The lowest BCUT2D eigenvalue weighted by atomic mass is 10.4. The molecule has 0 radical (unpaired) electrons. The number of hydrogen-bond acceptors (Lipinski definition) is 2. The van der Waals surface area contributed by atoms with E-state index in [1.54, 1.807) is 13.1 Å². The molecule has 1 aromatic heterocycles. The van der Waals surface area contributed by atoms with E-state index in [2.05, 4.69) is 0 Å². The summed E-state index contributed by atoms with van der Waals surface area (Å²) >= 11 is 5.61. The van der Waals surface area contributed by atoms with Crippen molar-refractivity contribution in [3.63, 3.8) is 0 Å². The molecule has 0 fully saturated rings. The lowest BCUT2D eigenvalue weighted by Crippen LogP contribution is -2.16. The van der Waals surface area contributed by atoms with Gasteiger partial charge in [0.05, 0.1) is 12.1 Å². The van der Waals surface area contributed by atoms with Crippen LogP contribution in [0.2, 0.25) is 5.02 Å². The number of halogens is 1. The molecule has 0 spiro atoms. The molecule has 4 heteroatoms. The molecule has 11 heavy (non-hydrogen) atoms. The molecule has 0 aromatic carbocycles. The van der Waals surface area contributed by atoms with Crippen molar-refractivity contribution in [3.8, 4) is 5.88 Å². The fourth-order valence-corrected chi connectivity index (χ4v) is 0.962. The highest BCUT2D eigenvalue weighted by Crippen LogP contribution is 2.12. The molecular weight excluding hydrogens is 166 g/mol. The Morgan fingerprint density at radius 3 is 2.73 bits per heavy atom. The average Bonchev–Trinajstić information content (AvgIpc) is 1.96. The molecule has 1 rings (SSSR count). The summed E-state index contributed by atoms with van der Waals surface area (Å²) in [6, 6.07) is 2.92. The zero-order valence-corrected chi connectivity index (χ0v) is 7.05. The van der Waals surface area contributed by atoms with Crippen molar-refractivity contribution < 1.29 is 4.74 Å². The average molecular weight is 174 g/mol. The highest BCUT2D eigenvalue weighted by atomic mass is 35.5. The molecular formula is C7H8ClNO2. The van der Waals surface area contributed by atoms with Crippen LogP contribution in [-0.4, -0.2) is 11.7 Å². The number of rotatable bonds is 1. The van der Waals surface area contributed by atoms with Crippen LogP contribution in [0, 0.1) is 0 Å². The number of hydrogen-bond donors (Lipinski definition) is 0. The van der Waals surface area contributed by atoms with E-state index in [9.17, 15) is 4.79 Å². The molecule has 3 nitrogen and oxygen atoms in total. The van der Waals surface area contributed by atoms with E-state index in [1.807, 2.05) is 0 Å². The van der Waals surface area contributed by atoms with Gasteiger partial charge < -0.3 is 4.74 Å². The van der Waals surface area contributed by atoms with E-state index >= 15 is 0 Å². The molecule has 0 bridgehead atoms. The summed E-state index contributed by atoms with van der Waals surface area (Å²) < 4.78 is 6.27. The first-order valence-corrected chi connectivity index (χ1v) is 3.43. The van der Waals surface area contributed by atoms with E-state index in [0.717, 1.165) is 0 Å². The molecule has 0 aliphatic rings. The molecule has 0 atom stereocenters. The third-order valence-corrected chi connectivity index (χ3v) is 1.61. The van der Waals surface area contributed by atoms with Crippen molar-refractivity contribution in [2.75, 3.05) is 7.11 Å². The predicted molar refractivity (Wildman–Crippen MR) is 43.2 cm³/mol. The minimum atomic E-state index is -0.172. The van der Waals surface area contributed by atoms with E-state index < -0.39 is 0 Å². The zero-order chi connectivity index (χ0) is 8.43. The Hall–Kier alpha value is -0.960. The first-order valence-electron chi connectivity index (χ1n) is 3.05. The SMILES string of the molecule is COc1cc(Cl)cc(=O)n1C. The van der Waals surface area contributed by atoms with E-state index in [-0.39, 0.29) is 5.56 Å². The van der Waals surface area contributed by atoms with Gasteiger partial charge in [-0.1, -0.05) is 11.6 Å². The van der Waals surface area contributed by atoms with Crippen LogP contribution in [0.15, 0.2) is 16.9 Å². The molecule has 0 unspecified atom stereocenters. The normalized spacial score (nSPS) is 9.73. The van der Waals surface area contributed by atoms with Crippen LogP contribution in [0.3, 0.4) is 0 Å². The Bertz CT molecular complexity index is 319. The van der Waals surface area contributed by atoms with Gasteiger partial charge in [-0.2, -0.15) is 0 Å². The molecule has 0 saturated heterocycles. The van der Waals surface area contributed by atoms with E-state index in [4.69, 9.17) is 16.3 Å². The number of aromatic nitrogens is 1. The van der Waals surface area contributed by atoms with Crippen molar-refractivity contribution in [3.05, 3.63) is 27.5 Å².